The number of nitrogens with one attached hydrogen (secondary N) is 1. The lowest BCUT2D eigenvalue weighted by molar-refractivity contribution is 0.468. The molecule has 20 heavy (non-hydrogen) atoms. The average molecular weight is 399 g/mol. The smallest absolute Gasteiger partial charge is 0.143 e. The van der Waals surface area contributed by atoms with Gasteiger partial charge in [-0.2, -0.15) is 0 Å². The number of rotatable bonds is 4. The van der Waals surface area contributed by atoms with E-state index in [1.165, 1.54) is 5.56 Å². The van der Waals surface area contributed by atoms with Crippen LogP contribution in [0.2, 0.25) is 0 Å². The Kier molecular flexibility index (Phi) is 5.11. The molecule has 0 aliphatic rings. The minimum Gasteiger partial charge on any atom is -0.506 e. The Bertz CT molecular complexity index is 588. The number of phenolic OH excluding ortho intramolecular Hbond substituents is 1. The van der Waals surface area contributed by atoms with Gasteiger partial charge in [0, 0.05) is 12.2 Å². The molecule has 0 aliphatic carbocycles. The molecule has 0 saturated carbocycles. The lowest BCUT2D eigenvalue weighted by atomic mass is 10.0. The summed E-state index contributed by atoms with van der Waals surface area (Å²) in [5.74, 6) is 0.754. The van der Waals surface area contributed by atoms with Crippen LogP contribution in [0.5, 0.6) is 5.75 Å². The summed E-state index contributed by atoms with van der Waals surface area (Å²) in [6.45, 7) is 5.08. The van der Waals surface area contributed by atoms with Gasteiger partial charge in [-0.3, -0.25) is 0 Å². The SMILES string of the molecule is CC(C)c1cccc(NCc2cc(Br)c(O)c(Br)c2)c1. The van der Waals surface area contributed by atoms with Gasteiger partial charge in [0.1, 0.15) is 5.75 Å². The molecule has 0 spiro atoms. The monoisotopic (exact) mass is 397 g/mol. The molecule has 0 bridgehead atoms. The molecule has 0 atom stereocenters. The van der Waals surface area contributed by atoms with Crippen molar-refractivity contribution in [2.45, 2.75) is 26.3 Å². The number of benzene rings is 2. The molecule has 106 valence electrons. The van der Waals surface area contributed by atoms with Crippen LogP contribution in [0.4, 0.5) is 5.69 Å². The lowest BCUT2D eigenvalue weighted by Gasteiger charge is -2.11. The third kappa shape index (κ3) is 3.76. The molecule has 2 aromatic rings. The van der Waals surface area contributed by atoms with Crippen molar-refractivity contribution < 1.29 is 5.11 Å². The summed E-state index contributed by atoms with van der Waals surface area (Å²) in [5, 5.41) is 13.1. The van der Waals surface area contributed by atoms with Crippen LogP contribution in [0.3, 0.4) is 0 Å². The molecule has 2 rings (SSSR count). The van der Waals surface area contributed by atoms with Gasteiger partial charge >= 0.3 is 0 Å². The van der Waals surface area contributed by atoms with E-state index in [1.807, 2.05) is 12.1 Å². The first-order valence-corrected chi connectivity index (χ1v) is 8.06. The molecule has 0 saturated heterocycles. The molecule has 0 fully saturated rings. The molecule has 4 heteroatoms. The van der Waals surface area contributed by atoms with Crippen LogP contribution in [0.15, 0.2) is 45.3 Å². The number of phenols is 1. The second kappa shape index (κ2) is 6.64. The zero-order valence-electron chi connectivity index (χ0n) is 11.5. The highest BCUT2D eigenvalue weighted by molar-refractivity contribution is 9.11. The first kappa shape index (κ1) is 15.4. The van der Waals surface area contributed by atoms with Gasteiger partial charge in [0.2, 0.25) is 0 Å². The van der Waals surface area contributed by atoms with E-state index in [0.717, 1.165) is 11.3 Å². The quantitative estimate of drug-likeness (QED) is 0.696. The van der Waals surface area contributed by atoms with Crippen molar-refractivity contribution in [2.24, 2.45) is 0 Å². The van der Waals surface area contributed by atoms with Gasteiger partial charge in [-0.25, -0.2) is 0 Å². The number of hydrogen-bond donors (Lipinski definition) is 2. The fourth-order valence-corrected chi connectivity index (χ4v) is 3.21. The summed E-state index contributed by atoms with van der Waals surface area (Å²) in [6, 6.07) is 12.3. The maximum atomic E-state index is 9.70. The van der Waals surface area contributed by atoms with Crippen molar-refractivity contribution in [3.05, 3.63) is 56.5 Å². The van der Waals surface area contributed by atoms with Gasteiger partial charge < -0.3 is 10.4 Å². The summed E-state index contributed by atoms with van der Waals surface area (Å²) in [7, 11) is 0. The molecular formula is C16H17Br2NO. The van der Waals surface area contributed by atoms with E-state index in [9.17, 15) is 5.11 Å². The highest BCUT2D eigenvalue weighted by Crippen LogP contribution is 2.33. The Morgan fingerprint density at radius 3 is 2.35 bits per heavy atom. The van der Waals surface area contributed by atoms with E-state index in [2.05, 4.69) is 75.3 Å². The highest BCUT2D eigenvalue weighted by atomic mass is 79.9. The van der Waals surface area contributed by atoms with E-state index in [1.54, 1.807) is 0 Å². The Morgan fingerprint density at radius 1 is 1.10 bits per heavy atom. The summed E-state index contributed by atoms with van der Waals surface area (Å²) < 4.78 is 1.39. The number of anilines is 1. The zero-order chi connectivity index (χ0) is 14.7. The highest BCUT2D eigenvalue weighted by Gasteiger charge is 2.06. The maximum Gasteiger partial charge on any atom is 0.143 e. The topological polar surface area (TPSA) is 32.3 Å². The summed E-state index contributed by atoms with van der Waals surface area (Å²) in [4.78, 5) is 0. The molecule has 2 nitrogen and oxygen atoms in total. The van der Waals surface area contributed by atoms with Crippen molar-refractivity contribution in [1.29, 1.82) is 0 Å². The average Bonchev–Trinajstić information content (AvgIpc) is 2.42. The van der Waals surface area contributed by atoms with Crippen molar-refractivity contribution in [3.8, 4) is 5.75 Å². The van der Waals surface area contributed by atoms with E-state index in [0.29, 0.717) is 21.4 Å². The minimum absolute atomic E-state index is 0.232. The second-order valence-corrected chi connectivity index (χ2v) is 6.75. The zero-order valence-corrected chi connectivity index (χ0v) is 14.6. The van der Waals surface area contributed by atoms with Crippen LogP contribution in [0.25, 0.3) is 0 Å². The normalized spacial score (nSPS) is 10.8. The predicted molar refractivity (Wildman–Crippen MR) is 91.4 cm³/mol. The molecule has 0 aromatic heterocycles. The standard InChI is InChI=1S/C16H17Br2NO/c1-10(2)12-4-3-5-13(8-12)19-9-11-6-14(17)16(20)15(18)7-11/h3-8,10,19-20H,9H2,1-2H3. The summed E-state index contributed by atoms with van der Waals surface area (Å²) in [5.41, 5.74) is 3.52. The van der Waals surface area contributed by atoms with Crippen LogP contribution in [-0.2, 0) is 6.54 Å². The number of hydrogen-bond acceptors (Lipinski definition) is 2. The molecule has 2 N–H and O–H groups in total. The summed E-state index contributed by atoms with van der Waals surface area (Å²) >= 11 is 6.69. The van der Waals surface area contributed by atoms with Crippen molar-refractivity contribution in [1.82, 2.24) is 0 Å². The molecule has 0 unspecified atom stereocenters. The Hall–Kier alpha value is -1.00. The van der Waals surface area contributed by atoms with Gasteiger partial charge in [0.25, 0.3) is 0 Å². The molecule has 0 aliphatic heterocycles. The predicted octanol–water partition coefficient (Wildman–Crippen LogP) is 5.65. The molecule has 2 aromatic carbocycles. The van der Waals surface area contributed by atoms with Crippen LogP contribution in [0, 0.1) is 0 Å². The van der Waals surface area contributed by atoms with E-state index in [-0.39, 0.29) is 5.75 Å². The first-order chi connectivity index (χ1) is 9.47. The first-order valence-electron chi connectivity index (χ1n) is 6.48. The van der Waals surface area contributed by atoms with Crippen LogP contribution in [-0.4, -0.2) is 5.11 Å². The van der Waals surface area contributed by atoms with Gasteiger partial charge in [-0.1, -0.05) is 26.0 Å². The fourth-order valence-electron chi connectivity index (χ4n) is 1.93. The lowest BCUT2D eigenvalue weighted by Crippen LogP contribution is -2.00. The van der Waals surface area contributed by atoms with Gasteiger partial charge in [0.05, 0.1) is 8.95 Å². The minimum atomic E-state index is 0.232. The van der Waals surface area contributed by atoms with Crippen LogP contribution >= 0.6 is 31.9 Å². The maximum absolute atomic E-state index is 9.70. The third-order valence-corrected chi connectivity index (χ3v) is 4.34. The van der Waals surface area contributed by atoms with E-state index >= 15 is 0 Å². The largest absolute Gasteiger partial charge is 0.506 e. The van der Waals surface area contributed by atoms with Crippen LogP contribution in [0.1, 0.15) is 30.9 Å². The van der Waals surface area contributed by atoms with Crippen molar-refractivity contribution in [3.63, 3.8) is 0 Å². The fraction of sp³-hybridized carbons (Fsp3) is 0.250. The van der Waals surface area contributed by atoms with Gasteiger partial charge in [-0.05, 0) is 73.2 Å². The van der Waals surface area contributed by atoms with Gasteiger partial charge in [-0.15, -0.1) is 0 Å². The molecule has 0 heterocycles. The molecular weight excluding hydrogens is 382 g/mol. The Morgan fingerprint density at radius 2 is 1.75 bits per heavy atom. The number of halogens is 2. The Labute approximate surface area is 136 Å². The van der Waals surface area contributed by atoms with Crippen LogP contribution < -0.4 is 5.32 Å². The molecule has 0 radical (unpaired) electrons. The Balaban J connectivity index is 2.11. The second-order valence-electron chi connectivity index (χ2n) is 5.04. The number of aromatic hydroxyl groups is 1. The van der Waals surface area contributed by atoms with E-state index in [4.69, 9.17) is 0 Å². The van der Waals surface area contributed by atoms with Gasteiger partial charge in [0.15, 0.2) is 0 Å². The third-order valence-electron chi connectivity index (χ3n) is 3.13. The molecule has 0 amide bonds. The summed E-state index contributed by atoms with van der Waals surface area (Å²) in [6.07, 6.45) is 0. The van der Waals surface area contributed by atoms with E-state index < -0.39 is 0 Å². The van der Waals surface area contributed by atoms with Crippen molar-refractivity contribution >= 4 is 37.5 Å². The van der Waals surface area contributed by atoms with Crippen molar-refractivity contribution in [2.75, 3.05) is 5.32 Å².